The Morgan fingerprint density at radius 1 is 1.45 bits per heavy atom. The van der Waals surface area contributed by atoms with E-state index in [1.807, 2.05) is 0 Å². The van der Waals surface area contributed by atoms with Crippen LogP contribution in [0.4, 0.5) is 0 Å². The molecule has 2 fully saturated rings. The van der Waals surface area contributed by atoms with E-state index >= 15 is 0 Å². The standard InChI is InChI=1S/C15H26N4O/c1-11(2)9-15(5-4-6-15)14-17-13(18-20-14)12-10-16-7-8-19(12)3/h11-12,16H,4-10H2,1-3H3. The zero-order valence-corrected chi connectivity index (χ0v) is 12.9. The van der Waals surface area contributed by atoms with Gasteiger partial charge in [0.2, 0.25) is 5.89 Å². The predicted molar refractivity (Wildman–Crippen MR) is 77.5 cm³/mol. The summed E-state index contributed by atoms with van der Waals surface area (Å²) < 4.78 is 5.66. The van der Waals surface area contributed by atoms with Crippen molar-refractivity contribution < 1.29 is 4.52 Å². The van der Waals surface area contributed by atoms with Gasteiger partial charge in [0.05, 0.1) is 6.04 Å². The van der Waals surface area contributed by atoms with Gasteiger partial charge >= 0.3 is 0 Å². The molecule has 1 aliphatic heterocycles. The molecule has 0 bridgehead atoms. The Labute approximate surface area is 121 Å². The highest BCUT2D eigenvalue weighted by atomic mass is 16.5. The van der Waals surface area contributed by atoms with E-state index in [0.717, 1.165) is 37.8 Å². The van der Waals surface area contributed by atoms with Crippen molar-refractivity contribution in [3.05, 3.63) is 11.7 Å². The topological polar surface area (TPSA) is 54.2 Å². The maximum absolute atomic E-state index is 5.66. The first-order valence-electron chi connectivity index (χ1n) is 7.86. The van der Waals surface area contributed by atoms with Crippen LogP contribution in [0.15, 0.2) is 4.52 Å². The number of nitrogens with zero attached hydrogens (tertiary/aromatic N) is 3. The van der Waals surface area contributed by atoms with E-state index < -0.39 is 0 Å². The van der Waals surface area contributed by atoms with E-state index in [4.69, 9.17) is 9.51 Å². The van der Waals surface area contributed by atoms with Crippen LogP contribution in [-0.4, -0.2) is 41.7 Å². The summed E-state index contributed by atoms with van der Waals surface area (Å²) >= 11 is 0. The van der Waals surface area contributed by atoms with Crippen molar-refractivity contribution in [2.45, 2.75) is 51.0 Å². The highest BCUT2D eigenvalue weighted by Crippen LogP contribution is 2.47. The molecule has 5 heteroatoms. The molecule has 20 heavy (non-hydrogen) atoms. The van der Waals surface area contributed by atoms with Gasteiger partial charge < -0.3 is 9.84 Å². The molecule has 1 atom stereocenters. The van der Waals surface area contributed by atoms with Crippen molar-refractivity contribution >= 4 is 0 Å². The maximum Gasteiger partial charge on any atom is 0.232 e. The minimum Gasteiger partial charge on any atom is -0.339 e. The van der Waals surface area contributed by atoms with Crippen LogP contribution in [0.3, 0.4) is 0 Å². The molecule has 0 amide bonds. The minimum absolute atomic E-state index is 0.167. The predicted octanol–water partition coefficient (Wildman–Crippen LogP) is 2.11. The van der Waals surface area contributed by atoms with Crippen molar-refractivity contribution in [3.8, 4) is 0 Å². The van der Waals surface area contributed by atoms with Crippen molar-refractivity contribution in [2.75, 3.05) is 26.7 Å². The lowest BCUT2D eigenvalue weighted by Crippen LogP contribution is -2.44. The SMILES string of the molecule is CC(C)CC1(c2nc(C3CNCCN3C)no2)CCC1. The molecular formula is C15H26N4O. The number of hydrogen-bond acceptors (Lipinski definition) is 5. The van der Waals surface area contributed by atoms with E-state index in [2.05, 4.69) is 36.3 Å². The molecule has 5 nitrogen and oxygen atoms in total. The number of hydrogen-bond donors (Lipinski definition) is 1. The minimum atomic E-state index is 0.167. The van der Waals surface area contributed by atoms with Crippen LogP contribution in [0.5, 0.6) is 0 Å². The Hall–Kier alpha value is -0.940. The van der Waals surface area contributed by atoms with E-state index in [9.17, 15) is 0 Å². The van der Waals surface area contributed by atoms with Crippen molar-refractivity contribution in [1.29, 1.82) is 0 Å². The molecule has 1 aromatic rings. The smallest absolute Gasteiger partial charge is 0.232 e. The molecule has 112 valence electrons. The first-order valence-corrected chi connectivity index (χ1v) is 7.86. The normalized spacial score (nSPS) is 26.7. The second-order valence-electron chi connectivity index (χ2n) is 6.89. The third kappa shape index (κ3) is 2.49. The summed E-state index contributed by atoms with van der Waals surface area (Å²) in [5, 5.41) is 7.69. The highest BCUT2D eigenvalue weighted by molar-refractivity contribution is 5.12. The van der Waals surface area contributed by atoms with Crippen LogP contribution in [0.25, 0.3) is 0 Å². The zero-order chi connectivity index (χ0) is 14.2. The molecule has 0 radical (unpaired) electrons. The number of rotatable bonds is 4. The van der Waals surface area contributed by atoms with Crippen LogP contribution < -0.4 is 5.32 Å². The number of piperazine rings is 1. The molecule has 1 N–H and O–H groups in total. The van der Waals surface area contributed by atoms with E-state index in [1.54, 1.807) is 0 Å². The van der Waals surface area contributed by atoms with Crippen LogP contribution in [0, 0.1) is 5.92 Å². The van der Waals surface area contributed by atoms with E-state index in [1.165, 1.54) is 19.3 Å². The van der Waals surface area contributed by atoms with Crippen molar-refractivity contribution in [1.82, 2.24) is 20.4 Å². The van der Waals surface area contributed by atoms with Crippen LogP contribution >= 0.6 is 0 Å². The number of nitrogens with one attached hydrogen (secondary N) is 1. The van der Waals surface area contributed by atoms with Gasteiger partial charge in [-0.25, -0.2) is 0 Å². The molecule has 0 aromatic carbocycles. The van der Waals surface area contributed by atoms with Gasteiger partial charge in [0.1, 0.15) is 0 Å². The summed E-state index contributed by atoms with van der Waals surface area (Å²) in [5.74, 6) is 2.40. The first-order chi connectivity index (χ1) is 9.61. The summed E-state index contributed by atoms with van der Waals surface area (Å²) in [6.07, 6.45) is 4.85. The maximum atomic E-state index is 5.66. The lowest BCUT2D eigenvalue weighted by molar-refractivity contribution is 0.143. The summed E-state index contributed by atoms with van der Waals surface area (Å²) in [5.41, 5.74) is 0.167. The number of likely N-dealkylation sites (N-methyl/N-ethyl adjacent to an activating group) is 1. The molecule has 1 aromatic heterocycles. The van der Waals surface area contributed by atoms with Gasteiger partial charge in [0.25, 0.3) is 0 Å². The van der Waals surface area contributed by atoms with E-state index in [0.29, 0.717) is 5.92 Å². The lowest BCUT2D eigenvalue weighted by Gasteiger charge is -2.39. The van der Waals surface area contributed by atoms with Gasteiger partial charge in [-0.15, -0.1) is 0 Å². The van der Waals surface area contributed by atoms with E-state index in [-0.39, 0.29) is 11.5 Å². The summed E-state index contributed by atoms with van der Waals surface area (Å²) in [6, 6.07) is 0.248. The Morgan fingerprint density at radius 3 is 2.85 bits per heavy atom. The van der Waals surface area contributed by atoms with Gasteiger partial charge in [-0.2, -0.15) is 4.98 Å². The molecule has 1 saturated heterocycles. The molecule has 0 spiro atoms. The first kappa shape index (κ1) is 14.0. The average Bonchev–Trinajstić information content (AvgIpc) is 2.83. The molecule has 1 saturated carbocycles. The second kappa shape index (κ2) is 5.45. The van der Waals surface area contributed by atoms with Gasteiger partial charge in [-0.3, -0.25) is 4.90 Å². The summed E-state index contributed by atoms with van der Waals surface area (Å²) in [4.78, 5) is 7.08. The Bertz CT molecular complexity index is 452. The van der Waals surface area contributed by atoms with Gasteiger partial charge in [0.15, 0.2) is 5.82 Å². The monoisotopic (exact) mass is 278 g/mol. The third-order valence-electron chi connectivity index (χ3n) is 4.81. The van der Waals surface area contributed by atoms with Gasteiger partial charge in [0, 0.05) is 25.0 Å². The fraction of sp³-hybridized carbons (Fsp3) is 0.867. The zero-order valence-electron chi connectivity index (χ0n) is 12.9. The summed E-state index contributed by atoms with van der Waals surface area (Å²) in [7, 11) is 2.13. The molecule has 2 aliphatic rings. The van der Waals surface area contributed by atoms with Crippen LogP contribution in [0.1, 0.15) is 57.3 Å². The van der Waals surface area contributed by atoms with Gasteiger partial charge in [-0.05, 0) is 32.2 Å². The third-order valence-corrected chi connectivity index (χ3v) is 4.81. The van der Waals surface area contributed by atoms with Crippen LogP contribution in [-0.2, 0) is 5.41 Å². The fourth-order valence-electron chi connectivity index (χ4n) is 3.57. The lowest BCUT2D eigenvalue weighted by atomic mass is 9.64. The fourth-order valence-corrected chi connectivity index (χ4v) is 3.57. The van der Waals surface area contributed by atoms with Crippen LogP contribution in [0.2, 0.25) is 0 Å². The van der Waals surface area contributed by atoms with Crippen molar-refractivity contribution in [3.63, 3.8) is 0 Å². The summed E-state index contributed by atoms with van der Waals surface area (Å²) in [6.45, 7) is 7.53. The highest BCUT2D eigenvalue weighted by Gasteiger charge is 2.44. The number of aromatic nitrogens is 2. The van der Waals surface area contributed by atoms with Crippen molar-refractivity contribution in [2.24, 2.45) is 5.92 Å². The van der Waals surface area contributed by atoms with Gasteiger partial charge in [-0.1, -0.05) is 25.4 Å². The molecule has 3 rings (SSSR count). The molecule has 2 heterocycles. The Balaban J connectivity index is 1.78. The molecule has 1 unspecified atom stereocenters. The molecular weight excluding hydrogens is 252 g/mol. The Morgan fingerprint density at radius 2 is 2.25 bits per heavy atom. The largest absolute Gasteiger partial charge is 0.339 e. The quantitative estimate of drug-likeness (QED) is 0.914. The molecule has 1 aliphatic carbocycles. The average molecular weight is 278 g/mol. The second-order valence-corrected chi connectivity index (χ2v) is 6.89. The Kier molecular flexibility index (Phi) is 3.82.